The van der Waals surface area contributed by atoms with Gasteiger partial charge in [-0.1, -0.05) is 11.3 Å². The molecule has 0 atom stereocenters. The molecule has 0 amide bonds. The number of hydrogen-bond donors (Lipinski definition) is 2. The fourth-order valence-electron chi connectivity index (χ4n) is 1.20. The molecule has 0 saturated heterocycles. The van der Waals surface area contributed by atoms with Crippen LogP contribution in [-0.4, -0.2) is 23.3 Å². The molecule has 0 aliphatic rings. The minimum atomic E-state index is -4.00. The highest BCUT2D eigenvalue weighted by Crippen LogP contribution is 2.34. The van der Waals surface area contributed by atoms with Gasteiger partial charge < -0.3 is 5.73 Å². The van der Waals surface area contributed by atoms with Gasteiger partial charge in [-0.15, -0.1) is 0 Å². The highest BCUT2D eigenvalue weighted by atomic mass is 79.9. The Labute approximate surface area is 125 Å². The van der Waals surface area contributed by atoms with E-state index in [9.17, 15) is 18.5 Å². The molecule has 0 fully saturated rings. The molecule has 2 aromatic rings. The Morgan fingerprint density at radius 2 is 2.10 bits per heavy atom. The van der Waals surface area contributed by atoms with Crippen LogP contribution in [0.5, 0.6) is 0 Å². The van der Waals surface area contributed by atoms with E-state index in [-0.39, 0.29) is 15.0 Å². The van der Waals surface area contributed by atoms with Gasteiger partial charge in [-0.3, -0.25) is 14.8 Å². The van der Waals surface area contributed by atoms with E-state index in [1.807, 2.05) is 0 Å². The second-order valence-electron chi connectivity index (χ2n) is 3.40. The summed E-state index contributed by atoms with van der Waals surface area (Å²) in [6.45, 7) is 0. The van der Waals surface area contributed by atoms with Gasteiger partial charge in [0.15, 0.2) is 10.8 Å². The molecule has 3 N–H and O–H groups in total. The van der Waals surface area contributed by atoms with E-state index in [4.69, 9.17) is 5.73 Å². The van der Waals surface area contributed by atoms with Crippen molar-refractivity contribution in [1.82, 2.24) is 9.97 Å². The third kappa shape index (κ3) is 3.02. The Balaban J connectivity index is 2.33. The number of hydrogen-bond acceptors (Lipinski definition) is 8. The average molecular weight is 380 g/mol. The van der Waals surface area contributed by atoms with Crippen molar-refractivity contribution in [2.75, 3.05) is 10.5 Å². The topological polar surface area (TPSA) is 141 Å². The van der Waals surface area contributed by atoms with Crippen LogP contribution in [0, 0.1) is 10.1 Å². The van der Waals surface area contributed by atoms with Crippen LogP contribution in [0.25, 0.3) is 0 Å². The van der Waals surface area contributed by atoms with Crippen molar-refractivity contribution in [2.45, 2.75) is 4.21 Å². The van der Waals surface area contributed by atoms with E-state index in [2.05, 4.69) is 30.6 Å². The van der Waals surface area contributed by atoms with Crippen molar-refractivity contribution < 1.29 is 13.3 Å². The maximum Gasteiger partial charge on any atom is 0.304 e. The van der Waals surface area contributed by atoms with Crippen molar-refractivity contribution in [3.63, 3.8) is 0 Å². The van der Waals surface area contributed by atoms with Crippen LogP contribution in [0.3, 0.4) is 0 Å². The number of sulfonamides is 1. The van der Waals surface area contributed by atoms with Gasteiger partial charge in [-0.05, 0) is 15.9 Å². The molecule has 0 unspecified atom stereocenters. The zero-order valence-electron chi connectivity index (χ0n) is 9.48. The third-order valence-corrected chi connectivity index (χ3v) is 5.23. The van der Waals surface area contributed by atoms with Gasteiger partial charge in [-0.2, -0.15) is 0 Å². The summed E-state index contributed by atoms with van der Waals surface area (Å²) >= 11 is 3.66. The Morgan fingerprint density at radius 3 is 2.60 bits per heavy atom. The molecule has 0 aliphatic carbocycles. The molecule has 0 radical (unpaired) electrons. The number of rotatable bonds is 4. The maximum absolute atomic E-state index is 12.0. The lowest BCUT2D eigenvalue weighted by atomic mass is 10.5. The molecule has 106 valence electrons. The number of nitrogens with one attached hydrogen (secondary N) is 1. The quantitative estimate of drug-likeness (QED) is 0.606. The largest absolute Gasteiger partial charge is 0.385 e. The summed E-state index contributed by atoms with van der Waals surface area (Å²) in [5.74, 6) is -0.0113. The number of nitrogens with two attached hydrogens (primary N) is 1. The van der Waals surface area contributed by atoms with Crippen LogP contribution < -0.4 is 10.5 Å². The van der Waals surface area contributed by atoms with E-state index < -0.39 is 20.6 Å². The third-order valence-electron chi connectivity index (χ3n) is 2.04. The van der Waals surface area contributed by atoms with E-state index in [0.29, 0.717) is 15.9 Å². The van der Waals surface area contributed by atoms with Crippen molar-refractivity contribution in [1.29, 1.82) is 0 Å². The van der Waals surface area contributed by atoms with Crippen molar-refractivity contribution in [3.05, 3.63) is 33.2 Å². The lowest BCUT2D eigenvalue weighted by Crippen LogP contribution is -2.12. The first-order valence-corrected chi connectivity index (χ1v) is 7.93. The predicted molar refractivity (Wildman–Crippen MR) is 75.9 cm³/mol. The number of nitro groups is 1. The first-order chi connectivity index (χ1) is 9.29. The predicted octanol–water partition coefficient (Wildman–Crippen LogP) is 1.59. The molecule has 2 heterocycles. The minimum Gasteiger partial charge on any atom is -0.385 e. The Hall–Kier alpha value is -1.79. The second-order valence-corrected chi connectivity index (χ2v) is 7.21. The van der Waals surface area contributed by atoms with E-state index in [1.54, 1.807) is 0 Å². The van der Waals surface area contributed by atoms with Crippen molar-refractivity contribution in [2.24, 2.45) is 0 Å². The molecule has 0 aliphatic heterocycles. The van der Waals surface area contributed by atoms with E-state index in [1.165, 1.54) is 12.4 Å². The van der Waals surface area contributed by atoms with Gasteiger partial charge in [0.05, 0.1) is 17.3 Å². The van der Waals surface area contributed by atoms with Gasteiger partial charge in [0.1, 0.15) is 8.81 Å². The molecule has 12 heteroatoms. The molecule has 2 rings (SSSR count). The smallest absolute Gasteiger partial charge is 0.304 e. The van der Waals surface area contributed by atoms with Gasteiger partial charge in [0.2, 0.25) is 0 Å². The molecule has 9 nitrogen and oxygen atoms in total. The van der Waals surface area contributed by atoms with Gasteiger partial charge in [0, 0.05) is 6.07 Å². The standard InChI is InChI=1S/C8H6BrN5O4S2/c9-5-2-12-6(3-11-5)13-20(17,18)7-1-4(14(15)16)8(10)19-7/h1-3H,10H2,(H,12,13). The summed E-state index contributed by atoms with van der Waals surface area (Å²) in [5.41, 5.74) is 4.96. The summed E-state index contributed by atoms with van der Waals surface area (Å²) in [6.07, 6.45) is 2.51. The molecule has 2 aromatic heterocycles. The van der Waals surface area contributed by atoms with Gasteiger partial charge in [-0.25, -0.2) is 18.4 Å². The highest BCUT2D eigenvalue weighted by Gasteiger charge is 2.25. The second kappa shape index (κ2) is 5.30. The molecule has 0 bridgehead atoms. The number of anilines is 2. The Bertz CT molecular complexity index is 758. The molecule has 0 aromatic carbocycles. The highest BCUT2D eigenvalue weighted by molar-refractivity contribution is 9.10. The van der Waals surface area contributed by atoms with Crippen LogP contribution in [0.2, 0.25) is 0 Å². The molecule has 20 heavy (non-hydrogen) atoms. The number of nitrogen functional groups attached to an aromatic ring is 1. The normalized spacial score (nSPS) is 11.2. The van der Waals surface area contributed by atoms with Crippen LogP contribution in [-0.2, 0) is 10.0 Å². The Morgan fingerprint density at radius 1 is 1.40 bits per heavy atom. The molecule has 0 saturated carbocycles. The zero-order valence-corrected chi connectivity index (χ0v) is 12.7. The first-order valence-electron chi connectivity index (χ1n) is 4.83. The number of aromatic nitrogens is 2. The van der Waals surface area contributed by atoms with Crippen LogP contribution >= 0.6 is 27.3 Å². The van der Waals surface area contributed by atoms with Crippen LogP contribution in [0.15, 0.2) is 27.3 Å². The maximum atomic E-state index is 12.0. The lowest BCUT2D eigenvalue weighted by Gasteiger charge is -2.03. The fourth-order valence-corrected chi connectivity index (χ4v) is 3.61. The zero-order chi connectivity index (χ0) is 14.9. The fraction of sp³-hybridized carbons (Fsp3) is 0. The number of halogens is 1. The molecular formula is C8H6BrN5O4S2. The minimum absolute atomic E-state index is 0.0113. The lowest BCUT2D eigenvalue weighted by molar-refractivity contribution is -0.383. The monoisotopic (exact) mass is 379 g/mol. The summed E-state index contributed by atoms with van der Waals surface area (Å²) in [6, 6.07) is 0.897. The summed E-state index contributed by atoms with van der Waals surface area (Å²) in [4.78, 5) is 17.5. The van der Waals surface area contributed by atoms with Gasteiger partial charge in [0.25, 0.3) is 10.0 Å². The summed E-state index contributed by atoms with van der Waals surface area (Å²) < 4.78 is 26.4. The SMILES string of the molecule is Nc1sc(S(=O)(=O)Nc2cnc(Br)cn2)cc1[N+](=O)[O-]. The van der Waals surface area contributed by atoms with Crippen LogP contribution in [0.4, 0.5) is 16.5 Å². The Kier molecular flexibility index (Phi) is 3.87. The molecule has 0 spiro atoms. The number of nitrogens with zero attached hydrogens (tertiary/aromatic N) is 3. The van der Waals surface area contributed by atoms with Gasteiger partial charge >= 0.3 is 5.69 Å². The van der Waals surface area contributed by atoms with E-state index >= 15 is 0 Å². The van der Waals surface area contributed by atoms with Crippen molar-refractivity contribution >= 4 is 53.8 Å². The van der Waals surface area contributed by atoms with Crippen molar-refractivity contribution in [3.8, 4) is 0 Å². The average Bonchev–Trinajstić information content (AvgIpc) is 2.75. The summed E-state index contributed by atoms with van der Waals surface area (Å²) in [7, 11) is -4.00. The van der Waals surface area contributed by atoms with Crippen LogP contribution in [0.1, 0.15) is 0 Å². The molecular weight excluding hydrogens is 374 g/mol. The summed E-state index contributed by atoms with van der Waals surface area (Å²) in [5, 5.41) is 10.5. The number of thiophene rings is 1. The van der Waals surface area contributed by atoms with E-state index in [0.717, 1.165) is 6.07 Å². The first kappa shape index (κ1) is 14.6.